The molecule has 0 amide bonds. The highest BCUT2D eigenvalue weighted by atomic mass is 16.1. The van der Waals surface area contributed by atoms with Crippen LogP contribution in [-0.4, -0.2) is 11.6 Å². The van der Waals surface area contributed by atoms with E-state index in [9.17, 15) is 9.59 Å². The highest BCUT2D eigenvalue weighted by Gasteiger charge is 2.42. The molecule has 0 aliphatic heterocycles. The maximum Gasteiger partial charge on any atom is 0.158 e. The third-order valence-electron chi connectivity index (χ3n) is 4.09. The largest absolute Gasteiger partial charge is 0.299 e. The standard InChI is InChI=1S/C13H18O2/c1-9-10-5-3-4-6-12(15)13(10,2)8-7-11(9)14/h3-8H2,1-2H3. The van der Waals surface area contributed by atoms with E-state index in [1.165, 1.54) is 0 Å². The second-order valence-corrected chi connectivity index (χ2v) is 4.99. The van der Waals surface area contributed by atoms with Gasteiger partial charge < -0.3 is 0 Å². The molecule has 2 aliphatic rings. The Labute approximate surface area is 90.7 Å². The topological polar surface area (TPSA) is 34.1 Å². The summed E-state index contributed by atoms with van der Waals surface area (Å²) in [6.07, 6.45) is 4.97. The Hall–Kier alpha value is -0.920. The number of rotatable bonds is 0. The molecule has 1 atom stereocenters. The number of Topliss-reactive ketones (excluding diaryl/α,β-unsaturated/α-hetero) is 2. The molecular formula is C13H18O2. The average molecular weight is 206 g/mol. The van der Waals surface area contributed by atoms with Crippen LogP contribution in [0.2, 0.25) is 0 Å². The minimum absolute atomic E-state index is 0.247. The summed E-state index contributed by atoms with van der Waals surface area (Å²) in [6, 6.07) is 0. The molecule has 1 unspecified atom stereocenters. The fourth-order valence-corrected chi connectivity index (χ4v) is 2.92. The summed E-state index contributed by atoms with van der Waals surface area (Å²) >= 11 is 0. The van der Waals surface area contributed by atoms with Crippen molar-refractivity contribution in [2.24, 2.45) is 5.41 Å². The summed E-state index contributed by atoms with van der Waals surface area (Å²) in [7, 11) is 0. The minimum atomic E-state index is -0.311. The Morgan fingerprint density at radius 2 is 1.73 bits per heavy atom. The molecule has 15 heavy (non-hydrogen) atoms. The maximum atomic E-state index is 12.1. The average Bonchev–Trinajstić information content (AvgIpc) is 2.35. The van der Waals surface area contributed by atoms with Gasteiger partial charge in [0.2, 0.25) is 0 Å². The van der Waals surface area contributed by atoms with E-state index >= 15 is 0 Å². The number of hydrogen-bond acceptors (Lipinski definition) is 2. The van der Waals surface area contributed by atoms with Crippen molar-refractivity contribution in [3.05, 3.63) is 11.1 Å². The molecule has 0 aromatic heterocycles. The van der Waals surface area contributed by atoms with E-state index in [2.05, 4.69) is 0 Å². The van der Waals surface area contributed by atoms with Crippen molar-refractivity contribution >= 4 is 11.6 Å². The van der Waals surface area contributed by atoms with Crippen LogP contribution < -0.4 is 0 Å². The van der Waals surface area contributed by atoms with Gasteiger partial charge in [0.05, 0.1) is 0 Å². The molecule has 0 aromatic carbocycles. The van der Waals surface area contributed by atoms with Crippen molar-refractivity contribution < 1.29 is 9.59 Å². The zero-order valence-electron chi connectivity index (χ0n) is 9.56. The summed E-state index contributed by atoms with van der Waals surface area (Å²) in [5.74, 6) is 0.596. The molecule has 0 spiro atoms. The smallest absolute Gasteiger partial charge is 0.158 e. The number of allylic oxidation sites excluding steroid dienone is 2. The van der Waals surface area contributed by atoms with Crippen LogP contribution in [0.25, 0.3) is 0 Å². The number of hydrogen-bond donors (Lipinski definition) is 0. The van der Waals surface area contributed by atoms with E-state index in [0.29, 0.717) is 18.6 Å². The maximum absolute atomic E-state index is 12.1. The van der Waals surface area contributed by atoms with E-state index in [1.807, 2.05) is 13.8 Å². The van der Waals surface area contributed by atoms with Gasteiger partial charge in [0.15, 0.2) is 5.78 Å². The lowest BCUT2D eigenvalue weighted by Crippen LogP contribution is -2.34. The summed E-state index contributed by atoms with van der Waals surface area (Å²) < 4.78 is 0. The number of carbonyl (C=O) groups is 2. The van der Waals surface area contributed by atoms with Crippen LogP contribution in [-0.2, 0) is 9.59 Å². The molecular weight excluding hydrogens is 188 g/mol. The van der Waals surface area contributed by atoms with Gasteiger partial charge in [0.1, 0.15) is 5.78 Å². The van der Waals surface area contributed by atoms with Crippen LogP contribution in [0.5, 0.6) is 0 Å². The quantitative estimate of drug-likeness (QED) is 0.610. The van der Waals surface area contributed by atoms with Gasteiger partial charge in [0.25, 0.3) is 0 Å². The normalized spacial score (nSPS) is 32.7. The van der Waals surface area contributed by atoms with E-state index in [4.69, 9.17) is 0 Å². The molecule has 0 aromatic rings. The first-order chi connectivity index (χ1) is 7.05. The molecule has 2 rings (SSSR count). The van der Waals surface area contributed by atoms with E-state index < -0.39 is 0 Å². The Morgan fingerprint density at radius 3 is 2.47 bits per heavy atom. The number of ketones is 2. The van der Waals surface area contributed by atoms with E-state index in [-0.39, 0.29) is 11.2 Å². The molecule has 82 valence electrons. The molecule has 2 nitrogen and oxygen atoms in total. The second-order valence-electron chi connectivity index (χ2n) is 4.99. The van der Waals surface area contributed by atoms with Crippen molar-refractivity contribution in [1.82, 2.24) is 0 Å². The van der Waals surface area contributed by atoms with Gasteiger partial charge in [-0.05, 0) is 45.1 Å². The zero-order valence-corrected chi connectivity index (χ0v) is 9.56. The first kappa shape index (κ1) is 10.6. The molecule has 2 aliphatic carbocycles. The van der Waals surface area contributed by atoms with Crippen LogP contribution >= 0.6 is 0 Å². The Balaban J connectivity index is 2.50. The fraction of sp³-hybridized carbons (Fsp3) is 0.692. The predicted molar refractivity (Wildman–Crippen MR) is 58.5 cm³/mol. The van der Waals surface area contributed by atoms with Crippen molar-refractivity contribution in [3.8, 4) is 0 Å². The minimum Gasteiger partial charge on any atom is -0.299 e. The van der Waals surface area contributed by atoms with Crippen molar-refractivity contribution in [2.75, 3.05) is 0 Å². The molecule has 0 N–H and O–H groups in total. The summed E-state index contributed by atoms with van der Waals surface area (Å²) in [5, 5.41) is 0. The van der Waals surface area contributed by atoms with Crippen molar-refractivity contribution in [2.45, 2.75) is 52.4 Å². The highest BCUT2D eigenvalue weighted by Crippen LogP contribution is 2.45. The Morgan fingerprint density at radius 1 is 1.07 bits per heavy atom. The predicted octanol–water partition coefficient (Wildman–Crippen LogP) is 2.82. The molecule has 1 fully saturated rings. The Kier molecular flexibility index (Phi) is 2.53. The fourth-order valence-electron chi connectivity index (χ4n) is 2.92. The first-order valence-electron chi connectivity index (χ1n) is 5.82. The van der Waals surface area contributed by atoms with Crippen LogP contribution in [0.15, 0.2) is 11.1 Å². The summed E-state index contributed by atoms with van der Waals surface area (Å²) in [4.78, 5) is 23.7. The van der Waals surface area contributed by atoms with Gasteiger partial charge in [0, 0.05) is 18.3 Å². The SMILES string of the molecule is CC1=C2CCCCC(=O)C2(C)CCC1=O. The Bertz CT molecular complexity index is 352. The monoisotopic (exact) mass is 206 g/mol. The lowest BCUT2D eigenvalue weighted by molar-refractivity contribution is -0.127. The molecule has 0 bridgehead atoms. The van der Waals surface area contributed by atoms with Crippen LogP contribution in [0, 0.1) is 5.41 Å². The van der Waals surface area contributed by atoms with Gasteiger partial charge in [-0.3, -0.25) is 9.59 Å². The lowest BCUT2D eigenvalue weighted by atomic mass is 9.68. The van der Waals surface area contributed by atoms with Crippen LogP contribution in [0.3, 0.4) is 0 Å². The third-order valence-corrected chi connectivity index (χ3v) is 4.09. The van der Waals surface area contributed by atoms with Gasteiger partial charge in [-0.15, -0.1) is 0 Å². The summed E-state index contributed by atoms with van der Waals surface area (Å²) in [6.45, 7) is 3.93. The number of fused-ring (bicyclic) bond motifs is 1. The van der Waals surface area contributed by atoms with Gasteiger partial charge in [-0.1, -0.05) is 5.57 Å². The second kappa shape index (κ2) is 3.58. The molecule has 0 heterocycles. The molecule has 1 saturated carbocycles. The highest BCUT2D eigenvalue weighted by molar-refractivity contribution is 6.00. The number of carbonyl (C=O) groups excluding carboxylic acids is 2. The van der Waals surface area contributed by atoms with Gasteiger partial charge in [-0.25, -0.2) is 0 Å². The van der Waals surface area contributed by atoms with Crippen LogP contribution in [0.1, 0.15) is 52.4 Å². The van der Waals surface area contributed by atoms with Gasteiger partial charge in [-0.2, -0.15) is 0 Å². The molecule has 2 heteroatoms. The summed E-state index contributed by atoms with van der Waals surface area (Å²) in [5.41, 5.74) is 1.70. The molecule has 0 radical (unpaired) electrons. The van der Waals surface area contributed by atoms with Gasteiger partial charge >= 0.3 is 0 Å². The van der Waals surface area contributed by atoms with Crippen LogP contribution in [0.4, 0.5) is 0 Å². The van der Waals surface area contributed by atoms with E-state index in [1.54, 1.807) is 0 Å². The van der Waals surface area contributed by atoms with Crippen molar-refractivity contribution in [1.29, 1.82) is 0 Å². The molecule has 0 saturated heterocycles. The third kappa shape index (κ3) is 1.56. The lowest BCUT2D eigenvalue weighted by Gasteiger charge is -2.34. The first-order valence-corrected chi connectivity index (χ1v) is 5.82. The van der Waals surface area contributed by atoms with E-state index in [0.717, 1.165) is 36.8 Å². The zero-order chi connectivity index (χ0) is 11.1. The van der Waals surface area contributed by atoms with Crippen molar-refractivity contribution in [3.63, 3.8) is 0 Å².